The maximum atomic E-state index is 15.1. The van der Waals surface area contributed by atoms with Gasteiger partial charge in [-0.1, -0.05) is 42.0 Å². The second-order valence-electron chi connectivity index (χ2n) is 9.18. The zero-order valence-corrected chi connectivity index (χ0v) is 19.2. The molecule has 3 aromatic rings. The molecule has 7 heteroatoms. The van der Waals surface area contributed by atoms with E-state index in [0.29, 0.717) is 5.13 Å². The summed E-state index contributed by atoms with van der Waals surface area (Å²) in [5, 5.41) is 0.450. The maximum absolute atomic E-state index is 15.1. The number of ketones is 1. The lowest BCUT2D eigenvalue weighted by Crippen LogP contribution is -2.39. The molecule has 0 bridgehead atoms. The van der Waals surface area contributed by atoms with Crippen LogP contribution < -0.4 is 4.90 Å². The highest BCUT2D eigenvalue weighted by molar-refractivity contribution is 7.22. The van der Waals surface area contributed by atoms with Crippen LogP contribution in [-0.4, -0.2) is 22.8 Å². The predicted octanol–water partition coefficient (Wildman–Crippen LogP) is 5.55. The Morgan fingerprint density at radius 1 is 1.12 bits per heavy atom. The summed E-state index contributed by atoms with van der Waals surface area (Å²) in [5.41, 5.74) is 3.49. The van der Waals surface area contributed by atoms with Gasteiger partial charge < -0.3 is 4.74 Å². The largest absolute Gasteiger partial charge is 0.483 e. The molecule has 1 amide bonds. The topological polar surface area (TPSA) is 59.5 Å². The van der Waals surface area contributed by atoms with Crippen molar-refractivity contribution in [2.45, 2.75) is 51.7 Å². The van der Waals surface area contributed by atoms with Gasteiger partial charge in [0.1, 0.15) is 18.0 Å². The molecule has 168 valence electrons. The van der Waals surface area contributed by atoms with Gasteiger partial charge in [0.2, 0.25) is 0 Å². The normalized spacial score (nSPS) is 24.8. The average Bonchev–Trinajstić information content (AvgIpc) is 3.33. The molecule has 0 N–H and O–H groups in total. The second kappa shape index (κ2) is 7.48. The monoisotopic (exact) mass is 462 g/mol. The van der Waals surface area contributed by atoms with E-state index >= 15 is 4.39 Å². The number of anilines is 1. The molecule has 1 saturated carbocycles. The quantitative estimate of drug-likeness (QED) is 0.501. The first-order chi connectivity index (χ1) is 15.9. The van der Waals surface area contributed by atoms with Gasteiger partial charge in [-0.05, 0) is 56.4 Å². The van der Waals surface area contributed by atoms with Crippen molar-refractivity contribution < 1.29 is 18.7 Å². The van der Waals surface area contributed by atoms with Crippen LogP contribution in [0.4, 0.5) is 9.52 Å². The van der Waals surface area contributed by atoms with E-state index in [4.69, 9.17) is 9.72 Å². The number of Topliss-reactive ketones (excluding diaryl/α,β-unsaturated/α-hetero) is 1. The molecule has 2 aliphatic heterocycles. The lowest BCUT2D eigenvalue weighted by molar-refractivity contribution is -0.131. The van der Waals surface area contributed by atoms with Crippen molar-refractivity contribution in [1.29, 1.82) is 0 Å². The Balaban J connectivity index is 1.54. The Labute approximate surface area is 194 Å². The predicted molar refractivity (Wildman–Crippen MR) is 125 cm³/mol. The average molecular weight is 463 g/mol. The first-order valence-electron chi connectivity index (χ1n) is 11.3. The smallest absolute Gasteiger partial charge is 0.296 e. The van der Waals surface area contributed by atoms with Crippen LogP contribution in [0.1, 0.15) is 48.4 Å². The van der Waals surface area contributed by atoms with Crippen LogP contribution in [0, 0.1) is 25.6 Å². The van der Waals surface area contributed by atoms with Gasteiger partial charge >= 0.3 is 0 Å². The van der Waals surface area contributed by atoms with Crippen LogP contribution in [0.25, 0.3) is 10.2 Å². The zero-order chi connectivity index (χ0) is 22.9. The molecule has 6 rings (SSSR count). The minimum Gasteiger partial charge on any atom is -0.483 e. The van der Waals surface area contributed by atoms with Gasteiger partial charge in [0.25, 0.3) is 5.91 Å². The van der Waals surface area contributed by atoms with Gasteiger partial charge in [-0.3, -0.25) is 14.5 Å². The number of amides is 1. The summed E-state index contributed by atoms with van der Waals surface area (Å²) in [4.78, 5) is 33.6. The zero-order valence-electron chi connectivity index (χ0n) is 18.4. The summed E-state index contributed by atoms with van der Waals surface area (Å²) in [7, 11) is 0. The van der Waals surface area contributed by atoms with Gasteiger partial charge in [0.15, 0.2) is 16.7 Å². The van der Waals surface area contributed by atoms with Crippen molar-refractivity contribution in [3.05, 3.63) is 70.2 Å². The van der Waals surface area contributed by atoms with Gasteiger partial charge in [0.05, 0.1) is 21.7 Å². The van der Waals surface area contributed by atoms with E-state index < -0.39 is 17.8 Å². The Morgan fingerprint density at radius 3 is 2.73 bits per heavy atom. The van der Waals surface area contributed by atoms with E-state index in [-0.39, 0.29) is 34.7 Å². The molecule has 3 heterocycles. The fourth-order valence-electron chi connectivity index (χ4n) is 5.50. The van der Waals surface area contributed by atoms with Crippen molar-refractivity contribution in [1.82, 2.24) is 4.98 Å². The molecular formula is C26H23FN2O3S. The summed E-state index contributed by atoms with van der Waals surface area (Å²) in [6.07, 6.45) is 3.14. The van der Waals surface area contributed by atoms with Gasteiger partial charge in [0, 0.05) is 5.56 Å². The Kier molecular flexibility index (Phi) is 4.66. The van der Waals surface area contributed by atoms with Crippen LogP contribution in [0.15, 0.2) is 47.7 Å². The van der Waals surface area contributed by atoms with Gasteiger partial charge in [-0.25, -0.2) is 9.37 Å². The van der Waals surface area contributed by atoms with Crippen molar-refractivity contribution in [2.24, 2.45) is 5.92 Å². The Bertz CT molecular complexity index is 1360. The number of carbonyl (C=O) groups is 2. The van der Waals surface area contributed by atoms with E-state index in [9.17, 15) is 9.59 Å². The van der Waals surface area contributed by atoms with Crippen LogP contribution in [0.5, 0.6) is 0 Å². The molecule has 0 spiro atoms. The van der Waals surface area contributed by atoms with Crippen LogP contribution in [0.2, 0.25) is 0 Å². The standard InChI is InChI=1S/C26H23FN2O3S/c1-13-11-14(2)21-19(12-13)33-26(28-21)29-22(15-7-3-5-9-17(15)27)20-23(30)16-8-4-6-10-18(16)32-24(20)25(29)31/h3,5,7,9,11-12,16,18,22H,4,6,8,10H2,1-2H3. The highest BCUT2D eigenvalue weighted by Gasteiger charge is 2.53. The van der Waals surface area contributed by atoms with Crippen molar-refractivity contribution in [3.8, 4) is 0 Å². The SMILES string of the molecule is Cc1cc(C)c2nc(N3C(=O)C4=C(C(=O)C5CCCCC5O4)C3c3ccccc3F)sc2c1. The van der Waals surface area contributed by atoms with E-state index in [1.165, 1.54) is 22.3 Å². The number of halogens is 1. The molecule has 1 aliphatic carbocycles. The number of benzene rings is 2. The number of rotatable bonds is 2. The highest BCUT2D eigenvalue weighted by atomic mass is 32.1. The fourth-order valence-corrected chi connectivity index (χ4v) is 6.66. The van der Waals surface area contributed by atoms with E-state index in [0.717, 1.165) is 47.0 Å². The summed E-state index contributed by atoms with van der Waals surface area (Å²) >= 11 is 1.38. The second-order valence-corrected chi connectivity index (χ2v) is 10.2. The van der Waals surface area contributed by atoms with Gasteiger partial charge in [-0.2, -0.15) is 0 Å². The summed E-state index contributed by atoms with van der Waals surface area (Å²) < 4.78 is 22.2. The Hall–Kier alpha value is -3.06. The molecule has 0 saturated heterocycles. The van der Waals surface area contributed by atoms with Crippen molar-refractivity contribution in [2.75, 3.05) is 4.90 Å². The maximum Gasteiger partial charge on any atom is 0.296 e. The van der Waals surface area contributed by atoms with Crippen LogP contribution in [-0.2, 0) is 14.3 Å². The number of fused-ring (bicyclic) bond motifs is 2. The number of aromatic nitrogens is 1. The molecule has 2 aromatic carbocycles. The summed E-state index contributed by atoms with van der Waals surface area (Å²) in [5.74, 6) is -1.16. The lowest BCUT2D eigenvalue weighted by atomic mass is 9.77. The van der Waals surface area contributed by atoms with E-state index in [2.05, 4.69) is 0 Å². The molecule has 0 radical (unpaired) electrons. The third-order valence-corrected chi connectivity index (χ3v) is 7.99. The number of carbonyl (C=O) groups excluding carboxylic acids is 2. The van der Waals surface area contributed by atoms with Crippen molar-refractivity contribution in [3.63, 3.8) is 0 Å². The number of ether oxygens (including phenoxy) is 1. The third-order valence-electron chi connectivity index (χ3n) is 6.99. The molecule has 1 aromatic heterocycles. The molecule has 3 atom stereocenters. The van der Waals surface area contributed by atoms with Crippen LogP contribution >= 0.6 is 11.3 Å². The molecule has 33 heavy (non-hydrogen) atoms. The molecule has 1 fully saturated rings. The first kappa shape index (κ1) is 20.5. The summed E-state index contributed by atoms with van der Waals surface area (Å²) in [6.45, 7) is 4.00. The van der Waals surface area contributed by atoms with Crippen molar-refractivity contribution >= 4 is 38.4 Å². The number of thiazole rings is 1. The first-order valence-corrected chi connectivity index (χ1v) is 12.2. The highest BCUT2D eigenvalue weighted by Crippen LogP contribution is 2.49. The third kappa shape index (κ3) is 3.05. The van der Waals surface area contributed by atoms with Gasteiger partial charge in [-0.15, -0.1) is 0 Å². The fraction of sp³-hybridized carbons (Fsp3) is 0.346. The van der Waals surface area contributed by atoms with E-state index in [1.807, 2.05) is 26.0 Å². The minimum absolute atomic E-state index is 0.0727. The number of aryl methyl sites for hydroxylation is 2. The number of hydrogen-bond acceptors (Lipinski definition) is 5. The molecule has 3 unspecified atom stereocenters. The molecule has 3 aliphatic rings. The number of nitrogens with zero attached hydrogens (tertiary/aromatic N) is 2. The number of hydrogen-bond donors (Lipinski definition) is 0. The van der Waals surface area contributed by atoms with Crippen LogP contribution in [0.3, 0.4) is 0 Å². The minimum atomic E-state index is -0.883. The summed E-state index contributed by atoms with van der Waals surface area (Å²) in [6, 6.07) is 9.53. The Morgan fingerprint density at radius 2 is 1.91 bits per heavy atom. The molecule has 5 nitrogen and oxygen atoms in total. The lowest BCUT2D eigenvalue weighted by Gasteiger charge is -2.35. The van der Waals surface area contributed by atoms with E-state index in [1.54, 1.807) is 18.2 Å². The molecular weight excluding hydrogens is 439 g/mol.